The minimum atomic E-state index is -0.730. The topological polar surface area (TPSA) is 95.9 Å². The van der Waals surface area contributed by atoms with Crippen LogP contribution in [0.4, 0.5) is 4.79 Å². The van der Waals surface area contributed by atoms with Crippen LogP contribution in [-0.4, -0.2) is 39.9 Å². The molecule has 7 nitrogen and oxygen atoms in total. The van der Waals surface area contributed by atoms with Gasteiger partial charge >= 0.3 is 5.24 Å². The van der Waals surface area contributed by atoms with Crippen molar-refractivity contribution in [3.63, 3.8) is 0 Å². The molecule has 1 atom stereocenters. The number of carbonyl (C=O) groups excluding carboxylic acids is 3. The second-order valence-electron chi connectivity index (χ2n) is 9.06. The Morgan fingerprint density at radius 3 is 2.55 bits per heavy atom. The van der Waals surface area contributed by atoms with E-state index in [1.54, 1.807) is 24.3 Å². The van der Waals surface area contributed by atoms with Gasteiger partial charge in [0.05, 0.1) is 23.2 Å². The molecule has 0 aromatic heterocycles. The first-order valence-electron chi connectivity index (χ1n) is 11.6. The highest BCUT2D eigenvalue weighted by atomic mass is 32.2. The molecule has 1 aromatic rings. The first-order valence-corrected chi connectivity index (χ1v) is 12.4. The first-order chi connectivity index (χ1) is 16.0. The summed E-state index contributed by atoms with van der Waals surface area (Å²) in [6, 6.07) is 5.94. The average Bonchev–Trinajstić information content (AvgIpc) is 3.35. The van der Waals surface area contributed by atoms with Crippen LogP contribution in [-0.2, 0) is 9.53 Å². The number of carbonyl (C=O) groups is 3. The number of nitrogens with zero attached hydrogens (tertiary/aromatic N) is 1. The highest BCUT2D eigenvalue weighted by molar-refractivity contribution is 8.18. The summed E-state index contributed by atoms with van der Waals surface area (Å²) < 4.78 is 6.06. The number of nitrogens with one attached hydrogen (secondary N) is 1. The average molecular weight is 471 g/mol. The van der Waals surface area contributed by atoms with Gasteiger partial charge in [-0.1, -0.05) is 62.8 Å². The summed E-state index contributed by atoms with van der Waals surface area (Å²) in [6.45, 7) is 0.789. The largest absolute Gasteiger partial charge is 0.507 e. The minimum absolute atomic E-state index is 0.0108. The Labute approximate surface area is 198 Å². The number of benzene rings is 1. The summed E-state index contributed by atoms with van der Waals surface area (Å²) in [5.74, 6) is -1.56. The number of thioether (sulfide) groups is 1. The molecule has 0 bridgehead atoms. The van der Waals surface area contributed by atoms with Crippen molar-refractivity contribution < 1.29 is 24.2 Å². The van der Waals surface area contributed by atoms with Crippen LogP contribution in [0.1, 0.15) is 68.1 Å². The molecular formula is C25H30N2O5S. The number of para-hydroxylation sites is 1. The zero-order valence-electron chi connectivity index (χ0n) is 18.6. The van der Waals surface area contributed by atoms with Crippen LogP contribution in [0.2, 0.25) is 0 Å². The molecule has 2 aliphatic heterocycles. The Hall–Kier alpha value is -2.58. The smallest absolute Gasteiger partial charge is 0.312 e. The highest BCUT2D eigenvalue weighted by Crippen LogP contribution is 2.43. The van der Waals surface area contributed by atoms with Crippen LogP contribution in [0.25, 0.3) is 0 Å². The number of hydrogen-bond donors (Lipinski definition) is 2. The molecule has 1 aliphatic carbocycles. The molecule has 8 heteroatoms. The molecule has 1 saturated carbocycles. The van der Waals surface area contributed by atoms with Crippen molar-refractivity contribution >= 4 is 28.8 Å². The number of ether oxygens (including phenoxy) is 1. The van der Waals surface area contributed by atoms with Gasteiger partial charge in [0, 0.05) is 0 Å². The number of aromatic hydroxyl groups is 1. The van der Waals surface area contributed by atoms with E-state index in [1.807, 2.05) is 6.08 Å². The summed E-state index contributed by atoms with van der Waals surface area (Å²) in [6.07, 6.45) is 16.6. The van der Waals surface area contributed by atoms with Gasteiger partial charge in [-0.2, -0.15) is 5.01 Å². The normalized spacial score (nSPS) is 24.9. The van der Waals surface area contributed by atoms with Crippen molar-refractivity contribution in [2.75, 3.05) is 6.61 Å². The maximum Gasteiger partial charge on any atom is 0.312 e. The molecule has 2 saturated heterocycles. The van der Waals surface area contributed by atoms with Gasteiger partial charge < -0.3 is 9.84 Å². The second-order valence-corrected chi connectivity index (χ2v) is 10.1. The van der Waals surface area contributed by atoms with E-state index in [-0.39, 0.29) is 27.7 Å². The number of rotatable bonds is 4. The van der Waals surface area contributed by atoms with Gasteiger partial charge in [-0.25, -0.2) is 0 Å². The van der Waals surface area contributed by atoms with Gasteiger partial charge in [-0.3, -0.25) is 19.8 Å². The fourth-order valence-corrected chi connectivity index (χ4v) is 5.54. The Kier molecular flexibility index (Phi) is 7.55. The molecule has 2 N–H and O–H groups in total. The summed E-state index contributed by atoms with van der Waals surface area (Å²) >= 11 is 0.764. The molecule has 1 spiro atoms. The van der Waals surface area contributed by atoms with Crippen LogP contribution in [0.3, 0.4) is 0 Å². The maximum atomic E-state index is 12.6. The Morgan fingerprint density at radius 2 is 1.82 bits per heavy atom. The summed E-state index contributed by atoms with van der Waals surface area (Å²) in [4.78, 5) is 37.4. The van der Waals surface area contributed by atoms with Gasteiger partial charge in [-0.15, -0.1) is 0 Å². The van der Waals surface area contributed by atoms with Crippen molar-refractivity contribution in [2.24, 2.45) is 5.41 Å². The second kappa shape index (κ2) is 10.6. The van der Waals surface area contributed by atoms with Gasteiger partial charge in [0.2, 0.25) is 0 Å². The van der Waals surface area contributed by atoms with Crippen LogP contribution >= 0.6 is 11.8 Å². The lowest BCUT2D eigenvalue weighted by Crippen LogP contribution is -2.44. The predicted molar refractivity (Wildman–Crippen MR) is 126 cm³/mol. The third-order valence-electron chi connectivity index (χ3n) is 6.63. The number of allylic oxidation sites excluding steroid dienone is 2. The highest BCUT2D eigenvalue weighted by Gasteiger charge is 2.39. The molecule has 1 unspecified atom stereocenters. The lowest BCUT2D eigenvalue weighted by molar-refractivity contribution is -0.124. The lowest BCUT2D eigenvalue weighted by atomic mass is 9.77. The molecule has 4 rings (SSSR count). The zero-order chi connectivity index (χ0) is 23.3. The zero-order valence-corrected chi connectivity index (χ0v) is 19.4. The van der Waals surface area contributed by atoms with Crippen molar-refractivity contribution in [1.82, 2.24) is 10.4 Å². The molecule has 3 aliphatic rings. The van der Waals surface area contributed by atoms with Crippen LogP contribution in [0.5, 0.6) is 5.75 Å². The Balaban J connectivity index is 1.35. The fraction of sp³-hybridized carbons (Fsp3) is 0.480. The van der Waals surface area contributed by atoms with Gasteiger partial charge in [0.25, 0.3) is 11.8 Å². The van der Waals surface area contributed by atoms with E-state index in [9.17, 15) is 19.5 Å². The molecule has 176 valence electrons. The lowest BCUT2D eigenvalue weighted by Gasteiger charge is -2.26. The number of hydrogen-bond acceptors (Lipinski definition) is 6. The van der Waals surface area contributed by atoms with E-state index in [0.717, 1.165) is 24.8 Å². The van der Waals surface area contributed by atoms with Crippen LogP contribution in [0.15, 0.2) is 47.4 Å². The molecule has 3 fully saturated rings. The van der Waals surface area contributed by atoms with Crippen molar-refractivity contribution in [2.45, 2.75) is 63.9 Å². The van der Waals surface area contributed by atoms with Gasteiger partial charge in [0.15, 0.2) is 0 Å². The predicted octanol–water partition coefficient (Wildman–Crippen LogP) is 5.08. The maximum absolute atomic E-state index is 12.6. The molecule has 1 aromatic carbocycles. The molecular weight excluding hydrogens is 440 g/mol. The standard InChI is InChI=1S/C25H30N2O5S/c28-20-12-6-5-11-19(20)22(29)26-27-23(30)21(33-24(27)31)13-9-10-18-16-25(17-32-18)14-7-3-1-2-4-8-15-25/h5-6,9-13,18,28H,1-4,7-8,14-17H2,(H,26,29)/b10-9+,21-13+. The number of phenols is 1. The van der Waals surface area contributed by atoms with Crippen molar-refractivity contribution in [3.05, 3.63) is 53.0 Å². The number of imide groups is 1. The first kappa shape index (κ1) is 23.6. The summed E-state index contributed by atoms with van der Waals surface area (Å²) in [5, 5.41) is 9.89. The molecule has 33 heavy (non-hydrogen) atoms. The van der Waals surface area contributed by atoms with Crippen LogP contribution in [0, 0.1) is 5.41 Å². The monoisotopic (exact) mass is 470 g/mol. The molecule has 3 amide bonds. The van der Waals surface area contributed by atoms with E-state index in [0.29, 0.717) is 5.01 Å². The van der Waals surface area contributed by atoms with E-state index in [2.05, 4.69) is 5.43 Å². The fourth-order valence-electron chi connectivity index (χ4n) is 4.81. The third kappa shape index (κ3) is 5.68. The minimum Gasteiger partial charge on any atom is -0.507 e. The quantitative estimate of drug-likeness (QED) is 0.596. The van der Waals surface area contributed by atoms with E-state index in [1.165, 1.54) is 63.5 Å². The SMILES string of the molecule is O=C(NN1C(=O)S/C(=C/C=C/C2CC3(CCCCCCCC3)CO2)C1=O)c1ccccc1O. The van der Waals surface area contributed by atoms with Crippen LogP contribution < -0.4 is 5.43 Å². The van der Waals surface area contributed by atoms with Gasteiger partial charge in [-0.05, 0) is 54.6 Å². The number of amides is 3. The van der Waals surface area contributed by atoms with E-state index >= 15 is 0 Å². The molecule has 0 radical (unpaired) electrons. The summed E-state index contributed by atoms with van der Waals surface area (Å²) in [5.41, 5.74) is 2.53. The van der Waals surface area contributed by atoms with Crippen molar-refractivity contribution in [1.29, 1.82) is 0 Å². The Morgan fingerprint density at radius 1 is 1.12 bits per heavy atom. The van der Waals surface area contributed by atoms with Crippen molar-refractivity contribution in [3.8, 4) is 5.75 Å². The number of phenolic OH excluding ortho intramolecular Hbond substituents is 1. The van der Waals surface area contributed by atoms with E-state index < -0.39 is 17.1 Å². The Bertz CT molecular complexity index is 963. The summed E-state index contributed by atoms with van der Waals surface area (Å²) in [7, 11) is 0. The molecule has 2 heterocycles. The van der Waals surface area contributed by atoms with Gasteiger partial charge in [0.1, 0.15) is 5.75 Å². The van der Waals surface area contributed by atoms with E-state index in [4.69, 9.17) is 4.74 Å². The third-order valence-corrected chi connectivity index (χ3v) is 7.52. The number of hydrazine groups is 1.